The Morgan fingerprint density at radius 3 is 2.07 bits per heavy atom. The molecule has 14 heavy (non-hydrogen) atoms. The monoisotopic (exact) mass is 202 g/mol. The first kappa shape index (κ1) is 13.8. The summed E-state index contributed by atoms with van der Waals surface area (Å²) in [7, 11) is 0. The van der Waals surface area contributed by atoms with E-state index in [1.54, 1.807) is 0 Å². The first-order valence-electron chi connectivity index (χ1n) is 5.44. The molecule has 0 aromatic heterocycles. The predicted molar refractivity (Wildman–Crippen MR) is 61.1 cm³/mol. The molecule has 8 N–H and O–H groups in total. The molecule has 0 radical (unpaired) electrons. The van der Waals surface area contributed by atoms with Crippen molar-refractivity contribution in [1.82, 2.24) is 0 Å². The molecule has 0 saturated heterocycles. The number of unbranched alkanes of at least 4 members (excludes halogenated alkanes) is 1. The first-order valence-corrected chi connectivity index (χ1v) is 5.44. The van der Waals surface area contributed by atoms with Crippen molar-refractivity contribution in [3.63, 3.8) is 0 Å². The van der Waals surface area contributed by atoms with Gasteiger partial charge in [0.25, 0.3) is 0 Å². The molecule has 0 aliphatic carbocycles. The molecule has 0 aromatic carbocycles. The van der Waals surface area contributed by atoms with Crippen molar-refractivity contribution >= 4 is 0 Å². The molecule has 0 aromatic rings. The SMILES string of the molecule is CC(CCCCN)CC(C)C(N)(N)N. The number of nitrogens with two attached hydrogens (primary N) is 4. The molecular weight excluding hydrogens is 176 g/mol. The average Bonchev–Trinajstić information content (AvgIpc) is 2.03. The predicted octanol–water partition coefficient (Wildman–Crippen LogP) is 0.308. The van der Waals surface area contributed by atoms with Gasteiger partial charge in [0.1, 0.15) is 5.79 Å². The number of hydrogen-bond donors (Lipinski definition) is 4. The largest absolute Gasteiger partial charge is 0.330 e. The summed E-state index contributed by atoms with van der Waals surface area (Å²) in [5.41, 5.74) is 22.3. The van der Waals surface area contributed by atoms with E-state index >= 15 is 0 Å². The van der Waals surface area contributed by atoms with Crippen molar-refractivity contribution < 1.29 is 0 Å². The second kappa shape index (κ2) is 6.35. The standard InChI is InChI=1S/C10H26N4/c1-8(5-3-4-6-11)7-9(2)10(12,13)14/h8-9H,3-7,11-14H2,1-2H3. The Kier molecular flexibility index (Phi) is 6.27. The molecule has 0 aliphatic heterocycles. The van der Waals surface area contributed by atoms with E-state index in [4.69, 9.17) is 22.9 Å². The third-order valence-electron chi connectivity index (χ3n) is 2.76. The van der Waals surface area contributed by atoms with E-state index in [9.17, 15) is 0 Å². The van der Waals surface area contributed by atoms with Gasteiger partial charge in [-0.1, -0.05) is 26.7 Å². The molecule has 0 fully saturated rings. The van der Waals surface area contributed by atoms with Crippen molar-refractivity contribution in [3.05, 3.63) is 0 Å². The van der Waals surface area contributed by atoms with Crippen LogP contribution >= 0.6 is 0 Å². The molecule has 2 unspecified atom stereocenters. The van der Waals surface area contributed by atoms with Gasteiger partial charge >= 0.3 is 0 Å². The van der Waals surface area contributed by atoms with Crippen LogP contribution < -0.4 is 22.9 Å². The van der Waals surface area contributed by atoms with Gasteiger partial charge in [0.05, 0.1) is 0 Å². The molecule has 2 atom stereocenters. The van der Waals surface area contributed by atoms with Crippen LogP contribution in [0.2, 0.25) is 0 Å². The zero-order chi connectivity index (χ0) is 11.2. The molecule has 4 heteroatoms. The molecule has 0 amide bonds. The van der Waals surface area contributed by atoms with Crippen molar-refractivity contribution in [2.45, 2.75) is 45.3 Å². The van der Waals surface area contributed by atoms with Crippen LogP contribution in [0, 0.1) is 11.8 Å². The summed E-state index contributed by atoms with van der Waals surface area (Å²) in [6.07, 6.45) is 4.43. The fraction of sp³-hybridized carbons (Fsp3) is 1.00. The van der Waals surface area contributed by atoms with E-state index in [0.29, 0.717) is 5.92 Å². The van der Waals surface area contributed by atoms with E-state index in [1.165, 1.54) is 12.8 Å². The van der Waals surface area contributed by atoms with Crippen LogP contribution in [0.5, 0.6) is 0 Å². The summed E-state index contributed by atoms with van der Waals surface area (Å²) in [4.78, 5) is 0. The Hall–Kier alpha value is -0.160. The normalized spacial score (nSPS) is 16.7. The second-order valence-corrected chi connectivity index (χ2v) is 4.53. The first-order chi connectivity index (χ1) is 6.38. The van der Waals surface area contributed by atoms with Crippen LogP contribution in [0.25, 0.3) is 0 Å². The number of rotatable bonds is 7. The van der Waals surface area contributed by atoms with Gasteiger partial charge in [-0.15, -0.1) is 0 Å². The Labute approximate surface area is 87.4 Å². The zero-order valence-corrected chi connectivity index (χ0v) is 9.50. The smallest absolute Gasteiger partial charge is 0.118 e. The van der Waals surface area contributed by atoms with Crippen LogP contribution in [-0.2, 0) is 0 Å². The summed E-state index contributed by atoms with van der Waals surface area (Å²) < 4.78 is 0. The average molecular weight is 202 g/mol. The highest BCUT2D eigenvalue weighted by atomic mass is 15.1. The maximum atomic E-state index is 5.62. The summed E-state index contributed by atoms with van der Waals surface area (Å²) in [6.45, 7) is 4.98. The summed E-state index contributed by atoms with van der Waals surface area (Å²) in [6, 6.07) is 0. The Bertz CT molecular complexity index is 142. The lowest BCUT2D eigenvalue weighted by atomic mass is 9.89. The molecule has 0 aliphatic rings. The van der Waals surface area contributed by atoms with Crippen LogP contribution in [0.15, 0.2) is 0 Å². The van der Waals surface area contributed by atoms with Gasteiger partial charge in [0.2, 0.25) is 0 Å². The minimum atomic E-state index is -1.04. The lowest BCUT2D eigenvalue weighted by Gasteiger charge is -2.28. The summed E-state index contributed by atoms with van der Waals surface area (Å²) >= 11 is 0. The maximum Gasteiger partial charge on any atom is 0.118 e. The van der Waals surface area contributed by atoms with E-state index in [2.05, 4.69) is 6.92 Å². The van der Waals surface area contributed by atoms with Gasteiger partial charge in [0, 0.05) is 5.92 Å². The van der Waals surface area contributed by atoms with Gasteiger partial charge in [-0.25, -0.2) is 0 Å². The van der Waals surface area contributed by atoms with Crippen LogP contribution in [0.1, 0.15) is 39.5 Å². The van der Waals surface area contributed by atoms with E-state index in [-0.39, 0.29) is 5.92 Å². The van der Waals surface area contributed by atoms with E-state index < -0.39 is 5.79 Å². The van der Waals surface area contributed by atoms with Gasteiger partial charge in [-0.2, -0.15) is 0 Å². The van der Waals surface area contributed by atoms with Gasteiger partial charge in [-0.05, 0) is 25.3 Å². The van der Waals surface area contributed by atoms with Gasteiger partial charge in [-0.3, -0.25) is 0 Å². The maximum absolute atomic E-state index is 5.62. The molecule has 0 rings (SSSR count). The lowest BCUT2D eigenvalue weighted by Crippen LogP contribution is -2.62. The van der Waals surface area contributed by atoms with E-state index in [1.807, 2.05) is 6.92 Å². The number of hydrogen-bond acceptors (Lipinski definition) is 4. The van der Waals surface area contributed by atoms with Crippen LogP contribution in [0.4, 0.5) is 0 Å². The van der Waals surface area contributed by atoms with Gasteiger partial charge < -0.3 is 22.9 Å². The molecule has 0 bridgehead atoms. The fourth-order valence-corrected chi connectivity index (χ4v) is 1.56. The van der Waals surface area contributed by atoms with Crippen molar-refractivity contribution in [2.75, 3.05) is 6.54 Å². The molecule has 0 heterocycles. The summed E-state index contributed by atoms with van der Waals surface area (Å²) in [5.74, 6) is -0.274. The van der Waals surface area contributed by atoms with Crippen molar-refractivity contribution in [2.24, 2.45) is 34.8 Å². The van der Waals surface area contributed by atoms with Gasteiger partial charge in [0.15, 0.2) is 0 Å². The highest BCUT2D eigenvalue weighted by Gasteiger charge is 2.23. The van der Waals surface area contributed by atoms with Crippen molar-refractivity contribution in [1.29, 1.82) is 0 Å². The Morgan fingerprint density at radius 1 is 1.07 bits per heavy atom. The minimum absolute atomic E-state index is 0.148. The molecular formula is C10H26N4. The molecule has 86 valence electrons. The van der Waals surface area contributed by atoms with Crippen LogP contribution in [0.3, 0.4) is 0 Å². The highest BCUT2D eigenvalue weighted by molar-refractivity contribution is 4.77. The minimum Gasteiger partial charge on any atom is -0.330 e. The molecule has 0 spiro atoms. The zero-order valence-electron chi connectivity index (χ0n) is 9.50. The third kappa shape index (κ3) is 6.32. The fourth-order valence-electron chi connectivity index (χ4n) is 1.56. The Balaban J connectivity index is 3.66. The third-order valence-corrected chi connectivity index (χ3v) is 2.76. The quantitative estimate of drug-likeness (QED) is 0.352. The lowest BCUT2D eigenvalue weighted by molar-refractivity contribution is 0.251. The van der Waals surface area contributed by atoms with Crippen LogP contribution in [-0.4, -0.2) is 12.3 Å². The highest BCUT2D eigenvalue weighted by Crippen LogP contribution is 2.19. The Morgan fingerprint density at radius 2 is 1.64 bits per heavy atom. The molecule has 4 nitrogen and oxygen atoms in total. The summed E-state index contributed by atoms with van der Waals surface area (Å²) in [5, 5.41) is 0. The second-order valence-electron chi connectivity index (χ2n) is 4.53. The molecule has 0 saturated carbocycles. The van der Waals surface area contributed by atoms with E-state index in [0.717, 1.165) is 19.4 Å². The van der Waals surface area contributed by atoms with Crippen molar-refractivity contribution in [3.8, 4) is 0 Å². The topological polar surface area (TPSA) is 104 Å².